The molecule has 1 amide bonds. The predicted octanol–water partition coefficient (Wildman–Crippen LogP) is 4.07. The van der Waals surface area contributed by atoms with E-state index in [9.17, 15) is 4.79 Å². The van der Waals surface area contributed by atoms with Crippen LogP contribution < -0.4 is 5.32 Å². The minimum Gasteiger partial charge on any atom is -0.376 e. The normalized spacial score (nSPS) is 20.5. The summed E-state index contributed by atoms with van der Waals surface area (Å²) in [6.45, 7) is 4.99. The lowest BCUT2D eigenvalue weighted by molar-refractivity contribution is -0.0597. The fourth-order valence-corrected chi connectivity index (χ4v) is 3.56. The number of thiazole rings is 1. The van der Waals surface area contributed by atoms with Crippen molar-refractivity contribution in [3.63, 3.8) is 0 Å². The lowest BCUT2D eigenvalue weighted by atomic mass is 9.87. The summed E-state index contributed by atoms with van der Waals surface area (Å²) in [5, 5.41) is 5.58. The molecule has 1 fully saturated rings. The summed E-state index contributed by atoms with van der Waals surface area (Å²) in [5.41, 5.74) is 1.61. The van der Waals surface area contributed by atoms with E-state index >= 15 is 0 Å². The Balaban J connectivity index is 1.68. The van der Waals surface area contributed by atoms with Crippen molar-refractivity contribution in [3.8, 4) is 0 Å². The van der Waals surface area contributed by atoms with Crippen LogP contribution >= 0.6 is 11.3 Å². The number of benzene rings is 1. The third-order valence-electron chi connectivity index (χ3n) is 3.89. The maximum atomic E-state index is 12.1. The van der Waals surface area contributed by atoms with Crippen molar-refractivity contribution >= 4 is 22.4 Å². The molecule has 1 saturated heterocycles. The molecule has 22 heavy (non-hydrogen) atoms. The van der Waals surface area contributed by atoms with Gasteiger partial charge in [0.05, 0.1) is 11.3 Å². The number of amides is 1. The average molecular weight is 316 g/mol. The Bertz CT molecular complexity index is 652. The Labute approximate surface area is 134 Å². The third kappa shape index (κ3) is 3.54. The smallest absolute Gasteiger partial charge is 0.257 e. The molecule has 0 saturated carbocycles. The Hall–Kier alpha value is -1.72. The van der Waals surface area contributed by atoms with Gasteiger partial charge in [-0.2, -0.15) is 0 Å². The van der Waals surface area contributed by atoms with Gasteiger partial charge in [0.25, 0.3) is 5.91 Å². The highest BCUT2D eigenvalue weighted by atomic mass is 32.1. The zero-order chi connectivity index (χ0) is 15.6. The number of rotatable bonds is 3. The minimum atomic E-state index is -0.117. The van der Waals surface area contributed by atoms with Gasteiger partial charge in [-0.3, -0.25) is 10.1 Å². The topological polar surface area (TPSA) is 51.2 Å². The molecule has 1 aliphatic heterocycles. The van der Waals surface area contributed by atoms with Gasteiger partial charge in [0.1, 0.15) is 0 Å². The van der Waals surface area contributed by atoms with Gasteiger partial charge in [-0.05, 0) is 38.8 Å². The lowest BCUT2D eigenvalue weighted by Crippen LogP contribution is -2.33. The molecule has 1 N–H and O–H groups in total. The minimum absolute atomic E-state index is 0.0972. The molecular weight excluding hydrogens is 296 g/mol. The van der Waals surface area contributed by atoms with Crippen molar-refractivity contribution in [2.24, 2.45) is 0 Å². The summed E-state index contributed by atoms with van der Waals surface area (Å²) in [5.74, 6) is 0.288. The van der Waals surface area contributed by atoms with Crippen molar-refractivity contribution < 1.29 is 9.53 Å². The highest BCUT2D eigenvalue weighted by Gasteiger charge is 2.31. The van der Waals surface area contributed by atoms with Gasteiger partial charge in [-0.15, -0.1) is 11.3 Å². The molecule has 5 heteroatoms. The molecule has 1 aromatic heterocycles. The molecule has 1 aromatic carbocycles. The summed E-state index contributed by atoms with van der Waals surface area (Å²) < 4.78 is 5.75. The SMILES string of the molecule is CC1(C)CC(c2csc(NC(=O)c3ccccc3)n2)CCO1. The Kier molecular flexibility index (Phi) is 4.27. The van der Waals surface area contributed by atoms with E-state index in [1.165, 1.54) is 11.3 Å². The lowest BCUT2D eigenvalue weighted by Gasteiger charge is -2.34. The van der Waals surface area contributed by atoms with Crippen LogP contribution in [0.25, 0.3) is 0 Å². The molecule has 0 bridgehead atoms. The molecule has 1 atom stereocenters. The van der Waals surface area contributed by atoms with Gasteiger partial charge in [0, 0.05) is 23.5 Å². The largest absolute Gasteiger partial charge is 0.376 e. The summed E-state index contributed by atoms with van der Waals surface area (Å²) in [6.07, 6.45) is 1.95. The number of ether oxygens (including phenoxy) is 1. The van der Waals surface area contributed by atoms with E-state index in [0.717, 1.165) is 25.1 Å². The second kappa shape index (κ2) is 6.18. The van der Waals surface area contributed by atoms with Crippen molar-refractivity contribution in [2.45, 2.75) is 38.2 Å². The number of carbonyl (C=O) groups is 1. The summed E-state index contributed by atoms with van der Waals surface area (Å²) in [4.78, 5) is 16.7. The number of hydrogen-bond acceptors (Lipinski definition) is 4. The number of nitrogens with one attached hydrogen (secondary N) is 1. The Morgan fingerprint density at radius 2 is 2.14 bits per heavy atom. The van der Waals surface area contributed by atoms with E-state index in [-0.39, 0.29) is 11.5 Å². The van der Waals surface area contributed by atoms with Gasteiger partial charge in [-0.25, -0.2) is 4.98 Å². The van der Waals surface area contributed by atoms with E-state index in [1.807, 2.05) is 23.6 Å². The molecule has 0 radical (unpaired) electrons. The highest BCUT2D eigenvalue weighted by molar-refractivity contribution is 7.14. The van der Waals surface area contributed by atoms with Crippen LogP contribution in [-0.2, 0) is 4.74 Å². The molecule has 1 aliphatic rings. The Morgan fingerprint density at radius 3 is 2.86 bits per heavy atom. The zero-order valence-electron chi connectivity index (χ0n) is 12.8. The summed E-state index contributed by atoms with van der Waals surface area (Å²) in [6, 6.07) is 9.19. The molecule has 0 spiro atoms. The third-order valence-corrected chi connectivity index (χ3v) is 4.67. The van der Waals surface area contributed by atoms with Crippen molar-refractivity contribution in [1.29, 1.82) is 0 Å². The standard InChI is InChI=1S/C17H20N2O2S/c1-17(2)10-13(8-9-21-17)14-11-22-16(18-14)19-15(20)12-6-4-3-5-7-12/h3-7,11,13H,8-10H2,1-2H3,(H,18,19,20). The first-order chi connectivity index (χ1) is 10.5. The molecule has 116 valence electrons. The van der Waals surface area contributed by atoms with E-state index in [4.69, 9.17) is 4.74 Å². The quantitative estimate of drug-likeness (QED) is 0.928. The van der Waals surface area contributed by atoms with E-state index in [1.54, 1.807) is 12.1 Å². The van der Waals surface area contributed by atoms with Crippen molar-refractivity contribution in [1.82, 2.24) is 4.98 Å². The number of nitrogens with zero attached hydrogens (tertiary/aromatic N) is 1. The number of aromatic nitrogens is 1. The first kappa shape index (κ1) is 15.2. The van der Waals surface area contributed by atoms with Crippen LogP contribution in [0, 0.1) is 0 Å². The number of anilines is 1. The summed E-state index contributed by atoms with van der Waals surface area (Å²) in [7, 11) is 0. The van der Waals surface area contributed by atoms with Crippen LogP contribution in [0.2, 0.25) is 0 Å². The molecular formula is C17H20N2O2S. The van der Waals surface area contributed by atoms with Gasteiger partial charge in [-0.1, -0.05) is 18.2 Å². The van der Waals surface area contributed by atoms with Crippen LogP contribution in [0.15, 0.2) is 35.7 Å². The Morgan fingerprint density at radius 1 is 1.36 bits per heavy atom. The molecule has 1 unspecified atom stereocenters. The van der Waals surface area contributed by atoms with E-state index in [0.29, 0.717) is 16.6 Å². The predicted molar refractivity (Wildman–Crippen MR) is 88.5 cm³/mol. The monoisotopic (exact) mass is 316 g/mol. The average Bonchev–Trinajstić information content (AvgIpc) is 2.96. The fourth-order valence-electron chi connectivity index (χ4n) is 2.77. The second-order valence-corrected chi connectivity index (χ2v) is 7.05. The second-order valence-electron chi connectivity index (χ2n) is 6.20. The summed E-state index contributed by atoms with van der Waals surface area (Å²) >= 11 is 1.48. The number of hydrogen-bond donors (Lipinski definition) is 1. The molecule has 2 aromatic rings. The molecule has 0 aliphatic carbocycles. The number of carbonyl (C=O) groups excluding carboxylic acids is 1. The fraction of sp³-hybridized carbons (Fsp3) is 0.412. The van der Waals surface area contributed by atoms with Crippen LogP contribution in [0.4, 0.5) is 5.13 Å². The van der Waals surface area contributed by atoms with Gasteiger partial charge in [0.15, 0.2) is 5.13 Å². The zero-order valence-corrected chi connectivity index (χ0v) is 13.7. The van der Waals surface area contributed by atoms with Crippen molar-refractivity contribution in [2.75, 3.05) is 11.9 Å². The van der Waals surface area contributed by atoms with Crippen LogP contribution in [0.3, 0.4) is 0 Å². The van der Waals surface area contributed by atoms with Crippen LogP contribution in [0.5, 0.6) is 0 Å². The maximum absolute atomic E-state index is 12.1. The molecule has 2 heterocycles. The molecule has 4 nitrogen and oxygen atoms in total. The van der Waals surface area contributed by atoms with Crippen LogP contribution in [0.1, 0.15) is 48.7 Å². The highest BCUT2D eigenvalue weighted by Crippen LogP contribution is 2.36. The van der Waals surface area contributed by atoms with Gasteiger partial charge in [0.2, 0.25) is 0 Å². The van der Waals surface area contributed by atoms with Crippen molar-refractivity contribution in [3.05, 3.63) is 47.0 Å². The van der Waals surface area contributed by atoms with E-state index < -0.39 is 0 Å². The van der Waals surface area contributed by atoms with Gasteiger partial charge >= 0.3 is 0 Å². The molecule has 3 rings (SSSR count). The van der Waals surface area contributed by atoms with Gasteiger partial charge < -0.3 is 4.74 Å². The first-order valence-electron chi connectivity index (χ1n) is 7.49. The maximum Gasteiger partial charge on any atom is 0.257 e. The van der Waals surface area contributed by atoms with E-state index in [2.05, 4.69) is 24.1 Å². The first-order valence-corrected chi connectivity index (χ1v) is 8.37. The van der Waals surface area contributed by atoms with Crippen LogP contribution in [-0.4, -0.2) is 23.1 Å².